The Morgan fingerprint density at radius 2 is 1.85 bits per heavy atom. The lowest BCUT2D eigenvalue weighted by Gasteiger charge is -2.27. The van der Waals surface area contributed by atoms with Gasteiger partial charge in [0.15, 0.2) is 0 Å². The van der Waals surface area contributed by atoms with Gasteiger partial charge in [-0.05, 0) is 35.9 Å². The van der Waals surface area contributed by atoms with E-state index in [0.29, 0.717) is 23.3 Å². The van der Waals surface area contributed by atoms with Crippen molar-refractivity contribution >= 4 is 11.6 Å². The van der Waals surface area contributed by atoms with Gasteiger partial charge in [0.1, 0.15) is 18.5 Å². The molecule has 1 aliphatic heterocycles. The lowest BCUT2D eigenvalue weighted by molar-refractivity contribution is -0.215. The normalized spacial score (nSPS) is 18.5. The van der Waals surface area contributed by atoms with E-state index in [2.05, 4.69) is 5.32 Å². The number of nitrogens with one attached hydrogen (secondary N) is 1. The van der Waals surface area contributed by atoms with Crippen LogP contribution in [-0.4, -0.2) is 37.6 Å². The highest BCUT2D eigenvalue weighted by atomic mass is 19.4. The minimum atomic E-state index is -4.91. The summed E-state index contributed by atoms with van der Waals surface area (Å²) in [6.45, 7) is 1.01. The summed E-state index contributed by atoms with van der Waals surface area (Å²) in [5.74, 6) is 0.141. The third kappa shape index (κ3) is 6.11. The Hall–Kier alpha value is -3.46. The second-order valence-corrected chi connectivity index (χ2v) is 7.51. The molecule has 182 valence electrons. The molecule has 1 N–H and O–H groups in total. The van der Waals surface area contributed by atoms with E-state index in [4.69, 9.17) is 14.7 Å². The van der Waals surface area contributed by atoms with E-state index >= 15 is 0 Å². The molecular formula is C22H19F6N3O3. The zero-order valence-corrected chi connectivity index (χ0v) is 17.7. The first-order valence-electron chi connectivity index (χ1n) is 9.95. The Labute approximate surface area is 190 Å². The van der Waals surface area contributed by atoms with Gasteiger partial charge in [-0.2, -0.15) is 31.6 Å². The van der Waals surface area contributed by atoms with Crippen molar-refractivity contribution in [2.75, 3.05) is 18.1 Å². The molecule has 34 heavy (non-hydrogen) atoms. The molecule has 2 atom stereocenters. The molecule has 0 radical (unpaired) electrons. The number of rotatable bonds is 6. The maximum atomic E-state index is 13.6. The van der Waals surface area contributed by atoms with E-state index in [-0.39, 0.29) is 24.7 Å². The molecule has 0 aliphatic carbocycles. The average molecular weight is 487 g/mol. The van der Waals surface area contributed by atoms with Gasteiger partial charge in [-0.1, -0.05) is 12.1 Å². The van der Waals surface area contributed by atoms with E-state index in [1.807, 2.05) is 0 Å². The molecule has 0 aromatic heterocycles. The second-order valence-electron chi connectivity index (χ2n) is 7.51. The molecule has 1 aliphatic rings. The van der Waals surface area contributed by atoms with Crippen LogP contribution in [0.15, 0.2) is 42.5 Å². The zero-order chi connectivity index (χ0) is 25.1. The minimum Gasteiger partial charge on any atom is -0.491 e. The maximum absolute atomic E-state index is 13.6. The smallest absolute Gasteiger partial charge is 0.433 e. The van der Waals surface area contributed by atoms with Crippen molar-refractivity contribution < 1.29 is 40.6 Å². The first-order valence-corrected chi connectivity index (χ1v) is 9.95. The predicted molar refractivity (Wildman–Crippen MR) is 108 cm³/mol. The van der Waals surface area contributed by atoms with Crippen molar-refractivity contribution in [3.63, 3.8) is 0 Å². The van der Waals surface area contributed by atoms with Crippen molar-refractivity contribution in [1.82, 2.24) is 5.32 Å². The first kappa shape index (κ1) is 25.2. The Morgan fingerprint density at radius 3 is 2.41 bits per heavy atom. The van der Waals surface area contributed by atoms with E-state index in [1.54, 1.807) is 24.3 Å². The summed E-state index contributed by atoms with van der Waals surface area (Å²) in [5, 5.41) is 11.5. The topological polar surface area (TPSA) is 74.6 Å². The highest BCUT2D eigenvalue weighted by molar-refractivity contribution is 5.72. The summed E-state index contributed by atoms with van der Waals surface area (Å²) < 4.78 is 91.1. The summed E-state index contributed by atoms with van der Waals surface area (Å²) >= 11 is 0. The van der Waals surface area contributed by atoms with Crippen LogP contribution in [0.2, 0.25) is 0 Å². The predicted octanol–water partition coefficient (Wildman–Crippen LogP) is 4.39. The lowest BCUT2D eigenvalue weighted by Crippen LogP contribution is -2.42. The average Bonchev–Trinajstić information content (AvgIpc) is 3.21. The maximum Gasteiger partial charge on any atom is 0.433 e. The number of amides is 1. The number of hydrogen-bond donors (Lipinski definition) is 1. The van der Waals surface area contributed by atoms with Gasteiger partial charge in [0.05, 0.1) is 23.7 Å². The van der Waals surface area contributed by atoms with Crippen LogP contribution in [0.25, 0.3) is 0 Å². The summed E-state index contributed by atoms with van der Waals surface area (Å²) in [5.41, 5.74) is -1.61. The second kappa shape index (κ2) is 9.80. The fraction of sp³-hybridized carbons (Fsp3) is 0.364. The van der Waals surface area contributed by atoms with Crippen LogP contribution in [0.3, 0.4) is 0 Å². The molecule has 2 aromatic rings. The van der Waals surface area contributed by atoms with Crippen molar-refractivity contribution in [2.45, 2.75) is 38.2 Å². The summed E-state index contributed by atoms with van der Waals surface area (Å²) in [6, 6.07) is 10.2. The number of halogens is 6. The molecule has 1 saturated heterocycles. The van der Waals surface area contributed by atoms with Crippen molar-refractivity contribution in [3.05, 3.63) is 59.2 Å². The van der Waals surface area contributed by atoms with Gasteiger partial charge in [0.2, 0.25) is 12.1 Å². The molecular weight excluding hydrogens is 468 g/mol. The van der Waals surface area contributed by atoms with Crippen LogP contribution >= 0.6 is 0 Å². The van der Waals surface area contributed by atoms with Crippen LogP contribution in [0.4, 0.5) is 32.0 Å². The van der Waals surface area contributed by atoms with Gasteiger partial charge in [-0.25, -0.2) is 0 Å². The van der Waals surface area contributed by atoms with Gasteiger partial charge in [-0.15, -0.1) is 0 Å². The van der Waals surface area contributed by atoms with Crippen LogP contribution in [0.5, 0.6) is 5.75 Å². The molecule has 2 aromatic carbocycles. The third-order valence-electron chi connectivity index (χ3n) is 4.95. The molecule has 0 spiro atoms. The largest absolute Gasteiger partial charge is 0.491 e. The number of nitrogens with zero attached hydrogens (tertiary/aromatic N) is 2. The Bertz CT molecular complexity index is 1060. The number of hydrogen-bond acceptors (Lipinski definition) is 5. The minimum absolute atomic E-state index is 0.202. The van der Waals surface area contributed by atoms with Gasteiger partial charge < -0.3 is 19.7 Å². The van der Waals surface area contributed by atoms with Crippen molar-refractivity contribution in [2.24, 2.45) is 0 Å². The first-order chi connectivity index (χ1) is 15.9. The highest BCUT2D eigenvalue weighted by Gasteiger charge is 2.51. The van der Waals surface area contributed by atoms with Gasteiger partial charge >= 0.3 is 12.4 Å². The van der Waals surface area contributed by atoms with Crippen LogP contribution < -0.4 is 15.0 Å². The van der Waals surface area contributed by atoms with Crippen molar-refractivity contribution in [1.29, 1.82) is 5.26 Å². The molecule has 12 heteroatoms. The SMILES string of the molecule is CC(=O)NCc1ccc(OCC2CN(c3ccc(C#N)c(C(F)(F)F)c3)C(C(F)(F)F)O2)cc1. The molecule has 1 amide bonds. The summed E-state index contributed by atoms with van der Waals surface area (Å²) in [6.07, 6.45) is -13.4. The number of anilines is 1. The third-order valence-corrected chi connectivity index (χ3v) is 4.95. The van der Waals surface area contributed by atoms with E-state index in [0.717, 1.165) is 17.7 Å². The van der Waals surface area contributed by atoms with E-state index in [1.165, 1.54) is 13.0 Å². The monoisotopic (exact) mass is 487 g/mol. The zero-order valence-electron chi connectivity index (χ0n) is 17.7. The molecule has 6 nitrogen and oxygen atoms in total. The van der Waals surface area contributed by atoms with E-state index in [9.17, 15) is 31.1 Å². The summed E-state index contributed by atoms with van der Waals surface area (Å²) in [4.78, 5) is 11.6. The number of carbonyl (C=O) groups is 1. The lowest BCUT2D eigenvalue weighted by atomic mass is 10.1. The summed E-state index contributed by atoms with van der Waals surface area (Å²) in [7, 11) is 0. The van der Waals surface area contributed by atoms with Crippen LogP contribution in [0.1, 0.15) is 23.6 Å². The van der Waals surface area contributed by atoms with Crippen LogP contribution in [-0.2, 0) is 22.3 Å². The number of carbonyl (C=O) groups excluding carboxylic acids is 1. The molecule has 0 saturated carbocycles. The number of ether oxygens (including phenoxy) is 2. The van der Waals surface area contributed by atoms with Crippen molar-refractivity contribution in [3.8, 4) is 11.8 Å². The van der Waals surface area contributed by atoms with E-state index < -0.39 is 35.8 Å². The molecule has 3 rings (SSSR count). The standard InChI is InChI=1S/C22H19F6N3O3/c1-13(32)30-10-14-2-6-17(7-3-14)33-12-18-11-31(20(34-18)22(26,27)28)16-5-4-15(9-29)19(8-16)21(23,24)25/h2-8,18,20H,10-12H2,1H3,(H,30,32). The number of benzene rings is 2. The fourth-order valence-corrected chi connectivity index (χ4v) is 3.36. The number of nitriles is 1. The molecule has 1 fully saturated rings. The number of alkyl halides is 6. The van der Waals surface area contributed by atoms with Crippen LogP contribution in [0, 0.1) is 11.3 Å². The highest BCUT2D eigenvalue weighted by Crippen LogP contribution is 2.39. The molecule has 2 unspecified atom stereocenters. The Morgan fingerprint density at radius 1 is 1.18 bits per heavy atom. The molecule has 0 bridgehead atoms. The Balaban J connectivity index is 1.73. The quantitative estimate of drug-likeness (QED) is 0.612. The van der Waals surface area contributed by atoms with Gasteiger partial charge in [0.25, 0.3) is 0 Å². The van der Waals surface area contributed by atoms with Gasteiger partial charge in [0, 0.05) is 19.2 Å². The fourth-order valence-electron chi connectivity index (χ4n) is 3.36. The molecule has 1 heterocycles. The van der Waals surface area contributed by atoms with Gasteiger partial charge in [-0.3, -0.25) is 4.79 Å². The Kier molecular flexibility index (Phi) is 7.26.